The summed E-state index contributed by atoms with van der Waals surface area (Å²) in [5.41, 5.74) is 2.80. The van der Waals surface area contributed by atoms with Crippen LogP contribution in [0.5, 0.6) is 0 Å². The molecule has 0 unspecified atom stereocenters. The first kappa shape index (κ1) is 11.4. The van der Waals surface area contributed by atoms with E-state index >= 15 is 0 Å². The highest BCUT2D eigenvalue weighted by molar-refractivity contribution is 5.23. The molecule has 2 aromatic rings. The highest BCUT2D eigenvalue weighted by Crippen LogP contribution is 2.27. The zero-order valence-electron chi connectivity index (χ0n) is 10.2. The number of rotatable bonds is 1. The van der Waals surface area contributed by atoms with Crippen molar-refractivity contribution < 1.29 is 9.84 Å². The Kier molecular flexibility index (Phi) is 2.85. The van der Waals surface area contributed by atoms with Crippen LogP contribution in [0, 0.1) is 6.92 Å². The van der Waals surface area contributed by atoms with E-state index in [2.05, 4.69) is 10.3 Å². The fourth-order valence-electron chi connectivity index (χ4n) is 2.33. The zero-order valence-corrected chi connectivity index (χ0v) is 10.2. The molecule has 2 atom stereocenters. The van der Waals surface area contributed by atoms with Crippen LogP contribution in [0.3, 0.4) is 0 Å². The van der Waals surface area contributed by atoms with E-state index in [1.54, 1.807) is 4.68 Å². The maximum absolute atomic E-state index is 10.2. The summed E-state index contributed by atoms with van der Waals surface area (Å²) in [6.45, 7) is 2.66. The van der Waals surface area contributed by atoms with Gasteiger partial charge in [0.25, 0.3) is 0 Å². The van der Waals surface area contributed by atoms with Gasteiger partial charge in [0.15, 0.2) is 0 Å². The van der Waals surface area contributed by atoms with Gasteiger partial charge in [-0.2, -0.15) is 0 Å². The molecule has 0 fully saturated rings. The average Bonchev–Trinajstić information content (AvgIpc) is 2.65. The molecule has 0 spiro atoms. The average molecular weight is 245 g/mol. The van der Waals surface area contributed by atoms with Gasteiger partial charge in [0.1, 0.15) is 12.1 Å². The second-order valence-electron chi connectivity index (χ2n) is 4.50. The Morgan fingerprint density at radius 1 is 1.33 bits per heavy atom. The van der Waals surface area contributed by atoms with E-state index in [0.717, 1.165) is 17.0 Å². The Balaban J connectivity index is 2.11. The molecule has 1 aromatic heterocycles. The first-order valence-corrected chi connectivity index (χ1v) is 5.99. The van der Waals surface area contributed by atoms with Crippen molar-refractivity contribution in [1.29, 1.82) is 0 Å². The maximum atomic E-state index is 10.2. The Morgan fingerprint density at radius 3 is 2.89 bits per heavy atom. The summed E-state index contributed by atoms with van der Waals surface area (Å²) in [7, 11) is 0. The monoisotopic (exact) mass is 245 g/mol. The molecule has 0 saturated heterocycles. The Hall–Kier alpha value is -1.72. The van der Waals surface area contributed by atoms with Crippen LogP contribution < -0.4 is 0 Å². The number of aryl methyl sites for hydroxylation is 1. The molecule has 18 heavy (non-hydrogen) atoms. The quantitative estimate of drug-likeness (QED) is 0.816. The van der Waals surface area contributed by atoms with Gasteiger partial charge >= 0.3 is 0 Å². The van der Waals surface area contributed by atoms with Crippen molar-refractivity contribution in [3.63, 3.8) is 0 Å². The fraction of sp³-hybridized carbons (Fsp3) is 0.385. The molecule has 5 nitrogen and oxygen atoms in total. The van der Waals surface area contributed by atoms with Crippen LogP contribution >= 0.6 is 0 Å². The summed E-state index contributed by atoms with van der Waals surface area (Å²) in [6, 6.07) is 9.61. The standard InChI is InChI=1S/C13H15N3O2/c1-9-11-7-18-8-12(17)13(16(11)15-14-9)10-5-3-2-4-6-10/h2-6,12-13,17H,7-8H2,1H3/t12-,13+/m0/s1. The van der Waals surface area contributed by atoms with E-state index < -0.39 is 6.10 Å². The summed E-state index contributed by atoms with van der Waals surface area (Å²) >= 11 is 0. The Bertz CT molecular complexity index is 538. The van der Waals surface area contributed by atoms with Crippen LogP contribution in [0.2, 0.25) is 0 Å². The van der Waals surface area contributed by atoms with Gasteiger partial charge in [-0.1, -0.05) is 35.5 Å². The fourth-order valence-corrected chi connectivity index (χ4v) is 2.33. The van der Waals surface area contributed by atoms with Crippen molar-refractivity contribution in [3.8, 4) is 0 Å². The van der Waals surface area contributed by atoms with E-state index in [1.165, 1.54) is 0 Å². The minimum Gasteiger partial charge on any atom is -0.388 e. The number of benzene rings is 1. The van der Waals surface area contributed by atoms with Gasteiger partial charge in [-0.25, -0.2) is 4.68 Å². The lowest BCUT2D eigenvalue weighted by Crippen LogP contribution is -2.28. The number of aromatic nitrogens is 3. The van der Waals surface area contributed by atoms with Crippen molar-refractivity contribution in [2.75, 3.05) is 6.61 Å². The normalized spacial score (nSPS) is 23.4. The summed E-state index contributed by atoms with van der Waals surface area (Å²) in [6.07, 6.45) is -0.616. The predicted molar refractivity (Wildman–Crippen MR) is 65.0 cm³/mol. The first-order chi connectivity index (χ1) is 8.77. The molecular formula is C13H15N3O2. The number of aliphatic hydroxyl groups is 1. The minimum atomic E-state index is -0.616. The van der Waals surface area contributed by atoms with E-state index in [4.69, 9.17) is 4.74 Å². The first-order valence-electron chi connectivity index (χ1n) is 5.99. The molecule has 0 amide bonds. The highest BCUT2D eigenvalue weighted by atomic mass is 16.5. The SMILES string of the molecule is Cc1nnn2c1COC[C@H](O)[C@H]2c1ccccc1. The molecular weight excluding hydrogens is 230 g/mol. The van der Waals surface area contributed by atoms with Crippen LogP contribution in [0.4, 0.5) is 0 Å². The second kappa shape index (κ2) is 4.51. The molecule has 5 heteroatoms. The van der Waals surface area contributed by atoms with Gasteiger partial charge in [0.2, 0.25) is 0 Å². The van der Waals surface area contributed by atoms with Gasteiger partial charge in [-0.05, 0) is 12.5 Å². The number of hydrogen-bond acceptors (Lipinski definition) is 4. The van der Waals surface area contributed by atoms with Crippen LogP contribution in [0.1, 0.15) is 23.0 Å². The molecule has 3 rings (SSSR count). The van der Waals surface area contributed by atoms with Crippen molar-refractivity contribution in [2.45, 2.75) is 25.7 Å². The van der Waals surface area contributed by atoms with E-state index in [0.29, 0.717) is 13.2 Å². The molecule has 0 radical (unpaired) electrons. The lowest BCUT2D eigenvalue weighted by atomic mass is 10.0. The van der Waals surface area contributed by atoms with Crippen LogP contribution in [0.25, 0.3) is 0 Å². The summed E-state index contributed by atoms with van der Waals surface area (Å²) in [5, 5.41) is 18.5. The third-order valence-corrected chi connectivity index (χ3v) is 3.28. The summed E-state index contributed by atoms with van der Waals surface area (Å²) in [5.74, 6) is 0. The topological polar surface area (TPSA) is 60.2 Å². The number of aliphatic hydroxyl groups excluding tert-OH is 1. The van der Waals surface area contributed by atoms with E-state index in [9.17, 15) is 5.11 Å². The Labute approximate surface area is 105 Å². The van der Waals surface area contributed by atoms with Crippen LogP contribution in [-0.4, -0.2) is 32.8 Å². The predicted octanol–water partition coefficient (Wildman–Crippen LogP) is 1.07. The van der Waals surface area contributed by atoms with Crippen LogP contribution in [0.15, 0.2) is 30.3 Å². The van der Waals surface area contributed by atoms with Gasteiger partial charge in [-0.3, -0.25) is 0 Å². The molecule has 0 aliphatic carbocycles. The molecule has 2 heterocycles. The van der Waals surface area contributed by atoms with Gasteiger partial charge in [0, 0.05) is 0 Å². The molecule has 0 bridgehead atoms. The van der Waals surface area contributed by atoms with Gasteiger partial charge in [-0.15, -0.1) is 5.10 Å². The van der Waals surface area contributed by atoms with Crippen molar-refractivity contribution in [2.24, 2.45) is 0 Å². The third-order valence-electron chi connectivity index (χ3n) is 3.28. The molecule has 1 N–H and O–H groups in total. The maximum Gasteiger partial charge on any atom is 0.107 e. The Morgan fingerprint density at radius 2 is 2.11 bits per heavy atom. The third kappa shape index (κ3) is 1.81. The second-order valence-corrected chi connectivity index (χ2v) is 4.50. The van der Waals surface area contributed by atoms with Crippen molar-refractivity contribution >= 4 is 0 Å². The summed E-state index contributed by atoms with van der Waals surface area (Å²) < 4.78 is 7.25. The lowest BCUT2D eigenvalue weighted by molar-refractivity contribution is 0.0236. The highest BCUT2D eigenvalue weighted by Gasteiger charge is 2.30. The van der Waals surface area contributed by atoms with Crippen molar-refractivity contribution in [3.05, 3.63) is 47.3 Å². The molecule has 1 aromatic carbocycles. The van der Waals surface area contributed by atoms with E-state index in [1.807, 2.05) is 37.3 Å². The number of nitrogens with zero attached hydrogens (tertiary/aromatic N) is 3. The molecule has 1 aliphatic heterocycles. The minimum absolute atomic E-state index is 0.232. The number of fused-ring (bicyclic) bond motifs is 1. The summed E-state index contributed by atoms with van der Waals surface area (Å²) in [4.78, 5) is 0. The van der Waals surface area contributed by atoms with Crippen molar-refractivity contribution in [1.82, 2.24) is 15.0 Å². The van der Waals surface area contributed by atoms with Gasteiger partial charge in [0.05, 0.1) is 24.6 Å². The zero-order chi connectivity index (χ0) is 12.5. The molecule has 94 valence electrons. The van der Waals surface area contributed by atoms with Crippen LogP contribution in [-0.2, 0) is 11.3 Å². The van der Waals surface area contributed by atoms with Gasteiger partial charge < -0.3 is 9.84 Å². The lowest BCUT2D eigenvalue weighted by Gasteiger charge is -2.21. The number of hydrogen-bond donors (Lipinski definition) is 1. The van der Waals surface area contributed by atoms with E-state index in [-0.39, 0.29) is 6.04 Å². The smallest absolute Gasteiger partial charge is 0.107 e. The largest absolute Gasteiger partial charge is 0.388 e. The molecule has 0 saturated carbocycles. The number of ether oxygens (including phenoxy) is 1. The molecule has 1 aliphatic rings.